The molecule has 0 fully saturated rings. The molecule has 1 unspecified atom stereocenters. The fraction of sp³-hybridized carbons (Fsp3) is 0.727. The number of hydrogen-bond acceptors (Lipinski definition) is 3. The molecule has 0 aromatic carbocycles. The van der Waals surface area contributed by atoms with E-state index in [-0.39, 0.29) is 0 Å². The third-order valence-corrected chi connectivity index (χ3v) is 2.18. The van der Waals surface area contributed by atoms with Gasteiger partial charge in [-0.3, -0.25) is 0 Å². The van der Waals surface area contributed by atoms with Gasteiger partial charge in [-0.05, 0) is 20.3 Å². The van der Waals surface area contributed by atoms with Crippen molar-refractivity contribution in [3.8, 4) is 0 Å². The van der Waals surface area contributed by atoms with Gasteiger partial charge in [-0.15, -0.1) is 0 Å². The van der Waals surface area contributed by atoms with Gasteiger partial charge in [0.05, 0.1) is 6.61 Å². The second-order valence-electron chi connectivity index (χ2n) is 4.05. The molecular weight excluding hydrogens is 192 g/mol. The van der Waals surface area contributed by atoms with Crippen molar-refractivity contribution in [2.45, 2.75) is 45.8 Å². The predicted octanol–water partition coefficient (Wildman–Crippen LogP) is 1.79. The molecule has 0 aliphatic rings. The normalized spacial score (nSPS) is 15.2. The van der Waals surface area contributed by atoms with Gasteiger partial charge < -0.3 is 14.8 Å². The highest BCUT2D eigenvalue weighted by atomic mass is 16.6. The molecule has 4 heteroatoms. The summed E-state index contributed by atoms with van der Waals surface area (Å²) >= 11 is 0. The maximum Gasteiger partial charge on any atom is 0.168 e. The predicted molar refractivity (Wildman–Crippen MR) is 58.5 cm³/mol. The highest BCUT2D eigenvalue weighted by Crippen LogP contribution is 2.13. The number of nitrogens with one attached hydrogen (secondary N) is 1. The van der Waals surface area contributed by atoms with Crippen LogP contribution in [0.15, 0.2) is 6.20 Å². The van der Waals surface area contributed by atoms with E-state index in [0.29, 0.717) is 13.0 Å². The summed E-state index contributed by atoms with van der Waals surface area (Å²) in [6.45, 7) is 6.25. The minimum atomic E-state index is -1.10. The molecule has 4 nitrogen and oxygen atoms in total. The van der Waals surface area contributed by atoms with Gasteiger partial charge >= 0.3 is 0 Å². The number of aromatic amines is 1. The smallest absolute Gasteiger partial charge is 0.168 e. The van der Waals surface area contributed by atoms with Crippen LogP contribution in [0, 0.1) is 6.92 Å². The molecule has 1 aromatic heterocycles. The Morgan fingerprint density at radius 2 is 2.33 bits per heavy atom. The first kappa shape index (κ1) is 12.2. The van der Waals surface area contributed by atoms with Crippen molar-refractivity contribution >= 4 is 0 Å². The Morgan fingerprint density at radius 3 is 2.87 bits per heavy atom. The van der Waals surface area contributed by atoms with Crippen LogP contribution in [-0.4, -0.2) is 27.5 Å². The Labute approximate surface area is 90.7 Å². The summed E-state index contributed by atoms with van der Waals surface area (Å²) in [6.07, 6.45) is 4.21. The van der Waals surface area contributed by atoms with E-state index in [9.17, 15) is 5.11 Å². The summed E-state index contributed by atoms with van der Waals surface area (Å²) in [5.74, 6) is -0.247. The second-order valence-corrected chi connectivity index (χ2v) is 4.05. The zero-order valence-electron chi connectivity index (χ0n) is 9.71. The van der Waals surface area contributed by atoms with E-state index in [2.05, 4.69) is 16.9 Å². The Kier molecular flexibility index (Phi) is 4.29. The highest BCUT2D eigenvalue weighted by Gasteiger charge is 2.22. The summed E-state index contributed by atoms with van der Waals surface area (Å²) in [5.41, 5.74) is 0.897. The molecule has 2 N–H and O–H groups in total. The Balaban J connectivity index is 2.41. The number of nitrogens with zero attached hydrogens (tertiary/aromatic N) is 1. The average molecular weight is 212 g/mol. The lowest BCUT2D eigenvalue weighted by Crippen LogP contribution is -2.31. The van der Waals surface area contributed by atoms with Crippen LogP contribution < -0.4 is 0 Å². The van der Waals surface area contributed by atoms with E-state index >= 15 is 0 Å². The van der Waals surface area contributed by atoms with Crippen molar-refractivity contribution in [2.24, 2.45) is 0 Å². The first-order chi connectivity index (χ1) is 7.03. The molecule has 0 saturated heterocycles. The molecule has 0 amide bonds. The first-order valence-corrected chi connectivity index (χ1v) is 5.40. The summed E-state index contributed by atoms with van der Waals surface area (Å²) in [7, 11) is 0. The van der Waals surface area contributed by atoms with Crippen LogP contribution in [0.2, 0.25) is 0 Å². The fourth-order valence-electron chi connectivity index (χ4n) is 1.40. The van der Waals surface area contributed by atoms with Crippen LogP contribution in [0.5, 0.6) is 0 Å². The lowest BCUT2D eigenvalue weighted by Gasteiger charge is -2.22. The number of imidazole rings is 1. The number of ether oxygens (including phenoxy) is 1. The largest absolute Gasteiger partial charge is 0.365 e. The monoisotopic (exact) mass is 212 g/mol. The summed E-state index contributed by atoms with van der Waals surface area (Å²) < 4.78 is 5.39. The SMILES string of the molecule is CCCCOC(C)(O)Cc1cnc(C)[nH]1. The zero-order chi connectivity index (χ0) is 11.3. The van der Waals surface area contributed by atoms with Crippen molar-refractivity contribution < 1.29 is 9.84 Å². The van der Waals surface area contributed by atoms with E-state index in [0.717, 1.165) is 24.4 Å². The molecular formula is C11H20N2O2. The lowest BCUT2D eigenvalue weighted by molar-refractivity contribution is -0.189. The molecule has 1 aromatic rings. The van der Waals surface area contributed by atoms with E-state index < -0.39 is 5.79 Å². The number of unbranched alkanes of at least 4 members (excludes halogenated alkanes) is 1. The average Bonchev–Trinajstić information content (AvgIpc) is 2.50. The van der Waals surface area contributed by atoms with E-state index in [1.54, 1.807) is 13.1 Å². The first-order valence-electron chi connectivity index (χ1n) is 5.40. The minimum Gasteiger partial charge on any atom is -0.365 e. The quantitative estimate of drug-likeness (QED) is 0.558. The number of aliphatic hydroxyl groups is 1. The topological polar surface area (TPSA) is 58.1 Å². The summed E-state index contributed by atoms with van der Waals surface area (Å²) in [4.78, 5) is 7.15. The van der Waals surface area contributed by atoms with Crippen LogP contribution in [0.25, 0.3) is 0 Å². The fourth-order valence-corrected chi connectivity index (χ4v) is 1.40. The van der Waals surface area contributed by atoms with Crippen LogP contribution >= 0.6 is 0 Å². The van der Waals surface area contributed by atoms with Crippen molar-refractivity contribution in [2.75, 3.05) is 6.61 Å². The highest BCUT2D eigenvalue weighted by molar-refractivity contribution is 5.02. The molecule has 1 rings (SSSR count). The van der Waals surface area contributed by atoms with E-state index in [1.165, 1.54) is 0 Å². The van der Waals surface area contributed by atoms with Crippen LogP contribution in [0.4, 0.5) is 0 Å². The van der Waals surface area contributed by atoms with Gasteiger partial charge in [0.25, 0.3) is 0 Å². The number of H-pyrrole nitrogens is 1. The zero-order valence-corrected chi connectivity index (χ0v) is 9.71. The molecule has 0 saturated carbocycles. The molecule has 0 bridgehead atoms. The number of hydrogen-bond donors (Lipinski definition) is 2. The molecule has 1 heterocycles. The third kappa shape index (κ3) is 4.44. The van der Waals surface area contributed by atoms with Gasteiger partial charge in [0.15, 0.2) is 5.79 Å². The molecule has 0 spiro atoms. The summed E-state index contributed by atoms with van der Waals surface area (Å²) in [5, 5.41) is 9.93. The Hall–Kier alpha value is -0.870. The van der Waals surface area contributed by atoms with Gasteiger partial charge in [-0.1, -0.05) is 13.3 Å². The number of aryl methyl sites for hydroxylation is 1. The van der Waals surface area contributed by atoms with Crippen LogP contribution in [-0.2, 0) is 11.2 Å². The minimum absolute atomic E-state index is 0.442. The second kappa shape index (κ2) is 5.28. The van der Waals surface area contributed by atoms with Gasteiger partial charge in [-0.25, -0.2) is 4.98 Å². The van der Waals surface area contributed by atoms with Crippen molar-refractivity contribution in [3.05, 3.63) is 17.7 Å². The van der Waals surface area contributed by atoms with Gasteiger partial charge in [0, 0.05) is 18.3 Å². The number of aromatic nitrogens is 2. The molecule has 0 radical (unpaired) electrons. The molecule has 0 aliphatic carbocycles. The standard InChI is InChI=1S/C11H20N2O2/c1-4-5-6-15-11(3,14)7-10-8-12-9(2)13-10/h8,14H,4-7H2,1-3H3,(H,12,13). The van der Waals surface area contributed by atoms with Gasteiger partial charge in [0.1, 0.15) is 5.82 Å². The van der Waals surface area contributed by atoms with Crippen LogP contribution in [0.3, 0.4) is 0 Å². The maximum absolute atomic E-state index is 9.93. The van der Waals surface area contributed by atoms with Crippen molar-refractivity contribution in [3.63, 3.8) is 0 Å². The summed E-state index contributed by atoms with van der Waals surface area (Å²) in [6, 6.07) is 0. The maximum atomic E-state index is 9.93. The molecule has 1 atom stereocenters. The van der Waals surface area contributed by atoms with E-state index in [1.807, 2.05) is 6.92 Å². The van der Waals surface area contributed by atoms with Gasteiger partial charge in [0.2, 0.25) is 0 Å². The molecule has 86 valence electrons. The number of rotatable bonds is 6. The Bertz CT molecular complexity index is 295. The Morgan fingerprint density at radius 1 is 1.60 bits per heavy atom. The van der Waals surface area contributed by atoms with Crippen molar-refractivity contribution in [1.82, 2.24) is 9.97 Å². The molecule has 0 aliphatic heterocycles. The van der Waals surface area contributed by atoms with Gasteiger partial charge in [-0.2, -0.15) is 0 Å². The lowest BCUT2D eigenvalue weighted by atomic mass is 10.2. The third-order valence-electron chi connectivity index (χ3n) is 2.18. The van der Waals surface area contributed by atoms with Crippen molar-refractivity contribution in [1.29, 1.82) is 0 Å². The molecule has 15 heavy (non-hydrogen) atoms. The van der Waals surface area contributed by atoms with E-state index in [4.69, 9.17) is 4.74 Å². The van der Waals surface area contributed by atoms with Crippen LogP contribution in [0.1, 0.15) is 38.2 Å².